The molecule has 0 bridgehead atoms. The second-order valence-corrected chi connectivity index (χ2v) is 0. The SMILES string of the molecule is C.C.C.C.C.C.O.[OH-]. The van der Waals surface area contributed by atoms with Crippen LogP contribution >= 0.6 is 0 Å². The highest BCUT2D eigenvalue weighted by molar-refractivity contribution is 2.51. The summed E-state index contributed by atoms with van der Waals surface area (Å²) in [5.74, 6) is 0. The first-order chi connectivity index (χ1) is 0. The maximum absolute atomic E-state index is 0. The molecule has 0 saturated heterocycles. The van der Waals surface area contributed by atoms with E-state index in [2.05, 4.69) is 0 Å². The predicted molar refractivity (Wildman–Crippen MR) is 45.9 cm³/mol. The molecule has 0 rings (SSSR count). The van der Waals surface area contributed by atoms with Crippen LogP contribution in [-0.2, 0) is 0 Å². The number of rotatable bonds is 0. The molecule has 0 spiro atoms. The lowest BCUT2D eigenvalue weighted by Gasteiger charge is -0.870. The summed E-state index contributed by atoms with van der Waals surface area (Å²) in [7, 11) is 0. The Morgan fingerprint density at radius 1 is 0.375 bits per heavy atom. The van der Waals surface area contributed by atoms with Crippen LogP contribution in [0.1, 0.15) is 44.6 Å². The molecule has 0 radical (unpaired) electrons. The second-order valence-electron chi connectivity index (χ2n) is 0. The zero-order valence-corrected chi connectivity index (χ0v) is 0.947. The van der Waals surface area contributed by atoms with Crippen LogP contribution in [0.5, 0.6) is 0 Å². The molecule has 0 aromatic carbocycles. The molecule has 2 heteroatoms. The molecular formula is C6H27O2-. The topological polar surface area (TPSA) is 61.5 Å². The van der Waals surface area contributed by atoms with Crippen molar-refractivity contribution >= 4 is 0 Å². The van der Waals surface area contributed by atoms with Gasteiger partial charge < -0.3 is 11.0 Å². The summed E-state index contributed by atoms with van der Waals surface area (Å²) in [5, 5.41) is 0. The number of hydrogen-bond donors (Lipinski definition) is 0. The molecule has 0 atom stereocenters. The zero-order chi connectivity index (χ0) is 0. The van der Waals surface area contributed by atoms with Crippen molar-refractivity contribution in [2.24, 2.45) is 0 Å². The first-order valence-corrected chi connectivity index (χ1v) is 0. The van der Waals surface area contributed by atoms with Crippen LogP contribution in [0.4, 0.5) is 0 Å². The van der Waals surface area contributed by atoms with Crippen molar-refractivity contribution in [2.75, 3.05) is 0 Å². The Labute approximate surface area is 56.6 Å². The third-order valence-electron chi connectivity index (χ3n) is 0. The highest BCUT2D eigenvalue weighted by atomic mass is 16.0. The highest BCUT2D eigenvalue weighted by Crippen LogP contribution is 0.149. The first-order valence-electron chi connectivity index (χ1n) is 0. The van der Waals surface area contributed by atoms with Crippen LogP contribution in [0.15, 0.2) is 0 Å². The van der Waals surface area contributed by atoms with Gasteiger partial charge in [0.05, 0.1) is 0 Å². The Balaban J connectivity index is 0. The summed E-state index contributed by atoms with van der Waals surface area (Å²) in [6.45, 7) is 0. The number of hydrogen-bond acceptors (Lipinski definition) is 1. The molecular weight excluding hydrogens is 104 g/mol. The van der Waals surface area contributed by atoms with Crippen LogP contribution in [0.3, 0.4) is 0 Å². The minimum atomic E-state index is 0. The lowest BCUT2D eigenvalue weighted by Crippen LogP contribution is -0.290. The van der Waals surface area contributed by atoms with E-state index < -0.39 is 0 Å². The third kappa shape index (κ3) is 22400. The largest absolute Gasteiger partial charge is 0.870 e. The minimum absolute atomic E-state index is 0. The predicted octanol–water partition coefficient (Wildman–Crippen LogP) is 2.82. The van der Waals surface area contributed by atoms with E-state index in [-0.39, 0.29) is 55.5 Å². The third-order valence-corrected chi connectivity index (χ3v) is 0. The lowest BCUT2D eigenvalue weighted by atomic mass is 12.0. The molecule has 0 aliphatic rings. The maximum Gasteiger partial charge on any atom is -0.0776 e. The van der Waals surface area contributed by atoms with Gasteiger partial charge in [-0.2, -0.15) is 0 Å². The fourth-order valence-electron chi connectivity index (χ4n) is 0. The van der Waals surface area contributed by atoms with Crippen molar-refractivity contribution in [2.45, 2.75) is 44.6 Å². The van der Waals surface area contributed by atoms with Gasteiger partial charge in [-0.15, -0.1) is 0 Å². The van der Waals surface area contributed by atoms with Gasteiger partial charge in [-0.05, 0) is 0 Å². The van der Waals surface area contributed by atoms with Gasteiger partial charge in [-0.1, -0.05) is 44.6 Å². The molecule has 0 saturated carbocycles. The highest BCUT2D eigenvalue weighted by Gasteiger charge is -0.0725. The van der Waals surface area contributed by atoms with Crippen LogP contribution in [0.2, 0.25) is 0 Å². The molecule has 0 aliphatic heterocycles. The average molecular weight is 131 g/mol. The molecule has 0 aromatic heterocycles. The van der Waals surface area contributed by atoms with Gasteiger partial charge in [-0.25, -0.2) is 0 Å². The smallest absolute Gasteiger partial charge is 0.0776 e. The Bertz CT molecular complexity index is 6.49. The Morgan fingerprint density at radius 2 is 0.375 bits per heavy atom. The van der Waals surface area contributed by atoms with Crippen LogP contribution in [0, 0.1) is 0 Å². The van der Waals surface area contributed by atoms with Crippen LogP contribution in [-0.4, -0.2) is 11.0 Å². The Hall–Kier alpha value is -0.0800. The molecule has 8 heavy (non-hydrogen) atoms. The van der Waals surface area contributed by atoms with Gasteiger partial charge in [0.15, 0.2) is 0 Å². The van der Waals surface area contributed by atoms with Gasteiger partial charge in [-0.3, -0.25) is 0 Å². The van der Waals surface area contributed by atoms with Gasteiger partial charge in [0, 0.05) is 0 Å². The Morgan fingerprint density at radius 3 is 0.375 bits per heavy atom. The van der Waals surface area contributed by atoms with Gasteiger partial charge in [0.25, 0.3) is 0 Å². The average Bonchev–Trinajstić information content (AvgIpc) is 0. The molecule has 0 unspecified atom stereocenters. The molecule has 0 aromatic rings. The van der Waals surface area contributed by atoms with Gasteiger partial charge in [0.2, 0.25) is 0 Å². The second kappa shape index (κ2) is 37900. The van der Waals surface area contributed by atoms with E-state index in [1.54, 1.807) is 0 Å². The quantitative estimate of drug-likeness (QED) is 0.498. The normalized spacial score (nSPS) is 0. The molecule has 0 amide bonds. The molecule has 0 fully saturated rings. The van der Waals surface area contributed by atoms with Crippen molar-refractivity contribution in [3.8, 4) is 0 Å². The molecule has 2 nitrogen and oxygen atoms in total. The summed E-state index contributed by atoms with van der Waals surface area (Å²) in [4.78, 5) is 0. The summed E-state index contributed by atoms with van der Waals surface area (Å²) >= 11 is 0. The monoisotopic (exact) mass is 131 g/mol. The van der Waals surface area contributed by atoms with Crippen molar-refractivity contribution in [1.82, 2.24) is 0 Å². The van der Waals surface area contributed by atoms with E-state index in [1.807, 2.05) is 0 Å². The van der Waals surface area contributed by atoms with Crippen molar-refractivity contribution in [3.05, 3.63) is 0 Å². The summed E-state index contributed by atoms with van der Waals surface area (Å²) < 4.78 is 0. The van der Waals surface area contributed by atoms with E-state index in [0.717, 1.165) is 0 Å². The van der Waals surface area contributed by atoms with Crippen LogP contribution < -0.4 is 0 Å². The minimum Gasteiger partial charge on any atom is -0.870 e. The maximum atomic E-state index is 0. The molecule has 0 heterocycles. The van der Waals surface area contributed by atoms with E-state index in [4.69, 9.17) is 0 Å². The zero-order valence-electron chi connectivity index (χ0n) is 0.947. The lowest BCUT2D eigenvalue weighted by molar-refractivity contribution is 0.823. The molecule has 64 valence electrons. The fourth-order valence-corrected chi connectivity index (χ4v) is 0. The summed E-state index contributed by atoms with van der Waals surface area (Å²) in [5.41, 5.74) is 0. The van der Waals surface area contributed by atoms with Crippen molar-refractivity contribution in [3.63, 3.8) is 0 Å². The summed E-state index contributed by atoms with van der Waals surface area (Å²) in [6.07, 6.45) is 0. The van der Waals surface area contributed by atoms with E-state index in [1.165, 1.54) is 0 Å². The van der Waals surface area contributed by atoms with E-state index in [0.29, 0.717) is 0 Å². The standard InChI is InChI=1S/6CH4.2H2O/h6*1H4;2*1H2/p-1. The van der Waals surface area contributed by atoms with Crippen molar-refractivity contribution in [1.29, 1.82) is 0 Å². The molecule has 3 N–H and O–H groups in total. The Kier molecular flexibility index (Phi) is 281000000. The van der Waals surface area contributed by atoms with Crippen LogP contribution in [0.25, 0.3) is 0 Å². The van der Waals surface area contributed by atoms with E-state index >= 15 is 0 Å². The van der Waals surface area contributed by atoms with Gasteiger partial charge in [0.1, 0.15) is 0 Å². The van der Waals surface area contributed by atoms with Gasteiger partial charge >= 0.3 is 0 Å². The first kappa shape index (κ1) is 59300. The van der Waals surface area contributed by atoms with Crippen molar-refractivity contribution < 1.29 is 11.0 Å². The summed E-state index contributed by atoms with van der Waals surface area (Å²) in [6, 6.07) is 0. The molecule has 0 aliphatic carbocycles. The van der Waals surface area contributed by atoms with E-state index in [9.17, 15) is 0 Å². The fraction of sp³-hybridized carbons (Fsp3) is 1.00.